The highest BCUT2D eigenvalue weighted by Gasteiger charge is 2.37. The molecule has 0 bridgehead atoms. The first-order valence-corrected chi connectivity index (χ1v) is 13.7. The summed E-state index contributed by atoms with van der Waals surface area (Å²) in [7, 11) is 1.15. The summed E-state index contributed by atoms with van der Waals surface area (Å²) >= 11 is 0. The van der Waals surface area contributed by atoms with E-state index in [-0.39, 0.29) is 29.2 Å². The monoisotopic (exact) mass is 611 g/mol. The molecule has 4 aromatic rings. The van der Waals surface area contributed by atoms with Gasteiger partial charge in [-0.2, -0.15) is 0 Å². The van der Waals surface area contributed by atoms with Gasteiger partial charge in [-0.3, -0.25) is 24.3 Å². The van der Waals surface area contributed by atoms with E-state index in [0.717, 1.165) is 11.7 Å². The summed E-state index contributed by atoms with van der Waals surface area (Å²) in [5.41, 5.74) is -1.92. The van der Waals surface area contributed by atoms with Gasteiger partial charge in [0.15, 0.2) is 5.58 Å². The fourth-order valence-electron chi connectivity index (χ4n) is 4.35. The van der Waals surface area contributed by atoms with Crippen LogP contribution in [0.1, 0.15) is 76.8 Å². The van der Waals surface area contributed by atoms with Gasteiger partial charge in [0, 0.05) is 11.5 Å². The lowest BCUT2D eigenvalue weighted by molar-refractivity contribution is -0.122. The van der Waals surface area contributed by atoms with Gasteiger partial charge in [0.25, 0.3) is 11.4 Å². The summed E-state index contributed by atoms with van der Waals surface area (Å²) < 4.78 is 30.9. The van der Waals surface area contributed by atoms with E-state index < -0.39 is 58.5 Å². The molecule has 234 valence electrons. The van der Waals surface area contributed by atoms with Crippen molar-refractivity contribution in [1.82, 2.24) is 30.0 Å². The van der Waals surface area contributed by atoms with Crippen molar-refractivity contribution in [3.63, 3.8) is 0 Å². The molecule has 0 saturated carbocycles. The van der Waals surface area contributed by atoms with Gasteiger partial charge in [-0.1, -0.05) is 34.6 Å². The Balaban J connectivity index is 1.57. The highest BCUT2D eigenvalue weighted by Crippen LogP contribution is 2.32. The Morgan fingerprint density at radius 3 is 2.41 bits per heavy atom. The summed E-state index contributed by atoms with van der Waals surface area (Å²) in [6, 6.07) is 2.85. The van der Waals surface area contributed by atoms with Gasteiger partial charge < -0.3 is 18.9 Å². The Bertz CT molecular complexity index is 1780. The zero-order chi connectivity index (χ0) is 32.6. The van der Waals surface area contributed by atoms with Crippen LogP contribution in [0.2, 0.25) is 0 Å². The number of methoxy groups -OCH3 is 1. The SMILES string of the molecule is COC(=O)Nc1cnc(C(C)(C)C)n(CC(=O)NC(C(=O)c2nnc(C(C)(C)c3nc4cc(F)ccc4o3)o2)C(C)C)c1=O. The van der Waals surface area contributed by atoms with Crippen molar-refractivity contribution in [1.29, 1.82) is 0 Å². The molecule has 44 heavy (non-hydrogen) atoms. The van der Waals surface area contributed by atoms with E-state index in [1.165, 1.54) is 24.4 Å². The number of nitrogens with zero attached hydrogens (tertiary/aromatic N) is 5. The number of amides is 2. The number of ketones is 1. The molecule has 0 aliphatic heterocycles. The molecule has 0 aliphatic rings. The quantitative estimate of drug-likeness (QED) is 0.263. The van der Waals surface area contributed by atoms with Crippen LogP contribution in [0.5, 0.6) is 0 Å². The van der Waals surface area contributed by atoms with Crippen molar-refractivity contribution in [2.75, 3.05) is 12.4 Å². The van der Waals surface area contributed by atoms with E-state index >= 15 is 0 Å². The number of rotatable bonds is 9. The van der Waals surface area contributed by atoms with Crippen molar-refractivity contribution >= 4 is 34.6 Å². The molecule has 0 fully saturated rings. The van der Waals surface area contributed by atoms with Gasteiger partial charge in [0.05, 0.1) is 19.3 Å². The molecule has 3 aromatic heterocycles. The maximum absolute atomic E-state index is 13.6. The minimum atomic E-state index is -1.09. The number of hydrogen-bond acceptors (Lipinski definition) is 11. The van der Waals surface area contributed by atoms with Crippen LogP contribution in [0.15, 0.2) is 38.0 Å². The molecule has 14 nitrogen and oxygen atoms in total. The van der Waals surface area contributed by atoms with Crippen LogP contribution in [-0.2, 0) is 26.9 Å². The number of benzene rings is 1. The highest BCUT2D eigenvalue weighted by molar-refractivity contribution is 5.98. The molecule has 0 spiro atoms. The summed E-state index contributed by atoms with van der Waals surface area (Å²) in [6.07, 6.45) is 0.323. The van der Waals surface area contributed by atoms with E-state index in [1.807, 2.05) is 20.8 Å². The molecular formula is C29H34FN7O7. The molecule has 1 unspecified atom stereocenters. The number of oxazole rings is 1. The molecule has 3 heterocycles. The van der Waals surface area contributed by atoms with Crippen LogP contribution in [0.3, 0.4) is 0 Å². The molecule has 4 rings (SSSR count). The van der Waals surface area contributed by atoms with Crippen LogP contribution < -0.4 is 16.2 Å². The lowest BCUT2D eigenvalue weighted by Crippen LogP contribution is -2.47. The Hall–Kier alpha value is -4.95. The number of halogens is 1. The van der Waals surface area contributed by atoms with Crippen molar-refractivity contribution in [3.8, 4) is 0 Å². The number of Topliss-reactive ketones (excluding diaryl/α,β-unsaturated/α-hetero) is 1. The summed E-state index contributed by atoms with van der Waals surface area (Å²) in [5, 5.41) is 12.9. The summed E-state index contributed by atoms with van der Waals surface area (Å²) in [6.45, 7) is 11.8. The Labute approximate surface area is 251 Å². The number of carbonyl (C=O) groups excluding carboxylic acids is 3. The second-order valence-corrected chi connectivity index (χ2v) is 12.1. The fraction of sp³-hybridized carbons (Fsp3) is 0.448. The zero-order valence-corrected chi connectivity index (χ0v) is 25.6. The fourth-order valence-corrected chi connectivity index (χ4v) is 4.35. The van der Waals surface area contributed by atoms with Crippen LogP contribution in [-0.4, -0.2) is 55.7 Å². The highest BCUT2D eigenvalue weighted by atomic mass is 19.1. The molecule has 1 atom stereocenters. The van der Waals surface area contributed by atoms with Gasteiger partial charge in [-0.05, 0) is 31.9 Å². The van der Waals surface area contributed by atoms with E-state index in [1.54, 1.807) is 27.7 Å². The first kappa shape index (κ1) is 32.0. The normalized spacial score (nSPS) is 12.8. The van der Waals surface area contributed by atoms with Gasteiger partial charge in [-0.15, -0.1) is 10.2 Å². The number of fused-ring (bicyclic) bond motifs is 1. The third-order valence-corrected chi connectivity index (χ3v) is 6.76. The molecule has 2 N–H and O–H groups in total. The van der Waals surface area contributed by atoms with Gasteiger partial charge in [0.2, 0.25) is 23.5 Å². The number of nitrogens with one attached hydrogen (secondary N) is 2. The van der Waals surface area contributed by atoms with E-state index in [4.69, 9.17) is 8.83 Å². The average Bonchev–Trinajstić information content (AvgIpc) is 3.61. The van der Waals surface area contributed by atoms with Crippen LogP contribution in [0, 0.1) is 11.7 Å². The van der Waals surface area contributed by atoms with Crippen LogP contribution >= 0.6 is 0 Å². The minimum Gasteiger partial charge on any atom is -0.453 e. The first-order chi connectivity index (χ1) is 20.5. The molecular weight excluding hydrogens is 577 g/mol. The Morgan fingerprint density at radius 1 is 1.07 bits per heavy atom. The summed E-state index contributed by atoms with van der Waals surface area (Å²) in [4.78, 5) is 60.3. The largest absolute Gasteiger partial charge is 0.453 e. The maximum atomic E-state index is 13.6. The molecule has 0 aliphatic carbocycles. The predicted molar refractivity (Wildman–Crippen MR) is 155 cm³/mol. The van der Waals surface area contributed by atoms with Crippen LogP contribution in [0.4, 0.5) is 14.9 Å². The Kier molecular flexibility index (Phi) is 8.70. The molecule has 1 aromatic carbocycles. The van der Waals surface area contributed by atoms with Gasteiger partial charge in [-0.25, -0.2) is 19.2 Å². The average molecular weight is 612 g/mol. The van der Waals surface area contributed by atoms with E-state index in [2.05, 4.69) is 35.5 Å². The van der Waals surface area contributed by atoms with Crippen molar-refractivity contribution in [2.24, 2.45) is 5.92 Å². The standard InChI is InChI=1S/C29H34FN7O7/c1-14(2)20(34-19(38)13-37-23(40)17(33-27(41)42-8)12-31-24(37)28(3,4)5)21(39)22-35-36-26(44-22)29(6,7)25-32-16-11-15(30)9-10-18(16)43-25/h9-12,14,20H,13H2,1-8H3,(H,33,41)(H,34,38). The Morgan fingerprint density at radius 2 is 1.77 bits per heavy atom. The van der Waals surface area contributed by atoms with Crippen molar-refractivity contribution in [2.45, 2.75) is 71.9 Å². The molecule has 0 saturated heterocycles. The topological polar surface area (TPSA) is 184 Å². The molecule has 15 heteroatoms. The van der Waals surface area contributed by atoms with E-state index in [0.29, 0.717) is 11.1 Å². The number of hydrogen-bond donors (Lipinski definition) is 2. The number of ether oxygens (including phenoxy) is 1. The van der Waals surface area contributed by atoms with Gasteiger partial charge in [0.1, 0.15) is 34.8 Å². The predicted octanol–water partition coefficient (Wildman–Crippen LogP) is 3.73. The smallest absolute Gasteiger partial charge is 0.411 e. The lowest BCUT2D eigenvalue weighted by atomic mass is 9.93. The summed E-state index contributed by atoms with van der Waals surface area (Å²) in [5.74, 6) is -2.07. The van der Waals surface area contributed by atoms with Crippen molar-refractivity contribution < 1.29 is 32.3 Å². The molecule has 0 radical (unpaired) electrons. The van der Waals surface area contributed by atoms with Gasteiger partial charge >= 0.3 is 6.09 Å². The maximum Gasteiger partial charge on any atom is 0.411 e. The first-order valence-electron chi connectivity index (χ1n) is 13.7. The third-order valence-electron chi connectivity index (χ3n) is 6.76. The molecule has 2 amide bonds. The second kappa shape index (κ2) is 12.0. The zero-order valence-electron chi connectivity index (χ0n) is 25.6. The lowest BCUT2D eigenvalue weighted by Gasteiger charge is -2.24. The third kappa shape index (κ3) is 6.50. The van der Waals surface area contributed by atoms with Crippen LogP contribution in [0.25, 0.3) is 11.1 Å². The number of carbonyl (C=O) groups is 3. The van der Waals surface area contributed by atoms with E-state index in [9.17, 15) is 23.6 Å². The van der Waals surface area contributed by atoms with Crippen molar-refractivity contribution in [3.05, 3.63) is 64.1 Å². The number of aromatic nitrogens is 5. The minimum absolute atomic E-state index is 0.0177. The number of anilines is 1. The second-order valence-electron chi connectivity index (χ2n) is 12.1.